The fraction of sp³-hybridized carbons (Fsp3) is 0.750. The highest BCUT2D eigenvalue weighted by molar-refractivity contribution is 7.80. The number of unbranched alkanes of at least 4 members (excludes halogenated alkanes) is 1. The second kappa shape index (κ2) is 16.3. The van der Waals surface area contributed by atoms with Gasteiger partial charge in [0.2, 0.25) is 17.7 Å². The molecule has 0 aromatic heterocycles. The predicted octanol–water partition coefficient (Wildman–Crippen LogP) is -1.18. The molecule has 0 bridgehead atoms. The summed E-state index contributed by atoms with van der Waals surface area (Å²) < 4.78 is 0. The van der Waals surface area contributed by atoms with Crippen molar-refractivity contribution in [3.05, 3.63) is 0 Å². The van der Waals surface area contributed by atoms with Gasteiger partial charge in [0.15, 0.2) is 0 Å². The lowest BCUT2D eigenvalue weighted by Crippen LogP contribution is -2.58. The van der Waals surface area contributed by atoms with Crippen molar-refractivity contribution in [3.63, 3.8) is 0 Å². The number of rotatable bonds is 17. The second-order valence-corrected chi connectivity index (χ2v) is 8.20. The molecule has 0 saturated carbocycles. The van der Waals surface area contributed by atoms with Gasteiger partial charge in [0.1, 0.15) is 18.1 Å². The number of thiol groups is 1. The van der Waals surface area contributed by atoms with Gasteiger partial charge in [0.05, 0.1) is 6.04 Å². The van der Waals surface area contributed by atoms with Crippen molar-refractivity contribution >= 4 is 42.3 Å². The van der Waals surface area contributed by atoms with Crippen LogP contribution in [0.1, 0.15) is 52.4 Å². The van der Waals surface area contributed by atoms with Gasteiger partial charge in [-0.25, -0.2) is 4.79 Å². The molecule has 9 N–H and O–H groups in total. The lowest BCUT2D eigenvalue weighted by atomic mass is 9.98. The van der Waals surface area contributed by atoms with Crippen LogP contribution in [0.2, 0.25) is 0 Å². The summed E-state index contributed by atoms with van der Waals surface area (Å²) in [6.07, 6.45) is 1.32. The fourth-order valence-electron chi connectivity index (χ4n) is 2.81. The Labute approximate surface area is 199 Å². The molecule has 33 heavy (non-hydrogen) atoms. The van der Waals surface area contributed by atoms with Crippen LogP contribution in [0, 0.1) is 5.92 Å². The molecule has 0 saturated heterocycles. The summed E-state index contributed by atoms with van der Waals surface area (Å²) in [6, 6.07) is -4.43. The molecule has 0 radical (unpaired) electrons. The number of carboxylic acids is 2. The Morgan fingerprint density at radius 1 is 0.879 bits per heavy atom. The third kappa shape index (κ3) is 11.9. The standard InChI is InChI=1S/C20H37N5O7S/c1-3-11(2)16(22)19(30)23-12(6-4-5-9-21)17(28)25-14(10-33)18(29)24-13(20(31)32)7-8-15(26)27/h11-14,16,33H,3-10,21-22H2,1-2H3,(H,23,30)(H,24,29)(H,25,28)(H,26,27)(H,31,32). The van der Waals surface area contributed by atoms with E-state index in [1.165, 1.54) is 0 Å². The SMILES string of the molecule is CCC(C)C(N)C(=O)NC(CCCCN)C(=O)NC(CS)C(=O)NC(CCC(=O)O)C(=O)O. The third-order valence-corrected chi connectivity index (χ3v) is 5.58. The summed E-state index contributed by atoms with van der Waals surface area (Å²) in [5.41, 5.74) is 11.4. The number of carbonyl (C=O) groups excluding carboxylic acids is 3. The molecule has 12 nitrogen and oxygen atoms in total. The van der Waals surface area contributed by atoms with Crippen molar-refractivity contribution in [1.82, 2.24) is 16.0 Å². The Balaban J connectivity index is 5.28. The van der Waals surface area contributed by atoms with E-state index >= 15 is 0 Å². The Bertz CT molecular complexity index is 679. The molecular formula is C20H37N5O7S. The number of amides is 3. The largest absolute Gasteiger partial charge is 0.481 e. The first-order chi connectivity index (χ1) is 15.5. The van der Waals surface area contributed by atoms with Gasteiger partial charge in [0.25, 0.3) is 0 Å². The van der Waals surface area contributed by atoms with Gasteiger partial charge < -0.3 is 37.6 Å². The second-order valence-electron chi connectivity index (χ2n) is 7.83. The zero-order chi connectivity index (χ0) is 25.6. The van der Waals surface area contributed by atoms with Gasteiger partial charge >= 0.3 is 11.9 Å². The first kappa shape index (κ1) is 30.6. The van der Waals surface area contributed by atoms with Crippen LogP contribution in [-0.2, 0) is 24.0 Å². The Hall–Kier alpha value is -2.38. The highest BCUT2D eigenvalue weighted by Gasteiger charge is 2.30. The molecule has 190 valence electrons. The topological polar surface area (TPSA) is 214 Å². The molecule has 0 aliphatic carbocycles. The van der Waals surface area contributed by atoms with E-state index in [1.807, 2.05) is 13.8 Å². The van der Waals surface area contributed by atoms with Gasteiger partial charge in [-0.1, -0.05) is 20.3 Å². The van der Waals surface area contributed by atoms with E-state index in [2.05, 4.69) is 28.6 Å². The molecule has 5 unspecified atom stereocenters. The smallest absolute Gasteiger partial charge is 0.326 e. The Morgan fingerprint density at radius 2 is 1.42 bits per heavy atom. The molecule has 13 heteroatoms. The van der Waals surface area contributed by atoms with Crippen LogP contribution in [0.5, 0.6) is 0 Å². The van der Waals surface area contributed by atoms with Crippen LogP contribution in [0.25, 0.3) is 0 Å². The number of carbonyl (C=O) groups is 5. The monoisotopic (exact) mass is 491 g/mol. The van der Waals surface area contributed by atoms with Crippen molar-refractivity contribution in [2.45, 2.75) is 76.5 Å². The van der Waals surface area contributed by atoms with E-state index < -0.39 is 60.2 Å². The van der Waals surface area contributed by atoms with Gasteiger partial charge in [-0.2, -0.15) is 12.6 Å². The molecule has 0 aliphatic rings. The summed E-state index contributed by atoms with van der Waals surface area (Å²) in [6.45, 7) is 4.11. The van der Waals surface area contributed by atoms with Gasteiger partial charge in [-0.05, 0) is 38.1 Å². The average Bonchev–Trinajstić information content (AvgIpc) is 2.77. The summed E-state index contributed by atoms with van der Waals surface area (Å²) in [5, 5.41) is 25.2. The molecule has 0 fully saturated rings. The molecule has 0 spiro atoms. The Kier molecular flexibility index (Phi) is 15.1. The summed E-state index contributed by atoms with van der Waals surface area (Å²) in [4.78, 5) is 59.8. The van der Waals surface area contributed by atoms with Crippen LogP contribution in [0.3, 0.4) is 0 Å². The Morgan fingerprint density at radius 3 is 1.91 bits per heavy atom. The average molecular weight is 492 g/mol. The van der Waals surface area contributed by atoms with Crippen molar-refractivity contribution in [1.29, 1.82) is 0 Å². The maximum Gasteiger partial charge on any atom is 0.326 e. The van der Waals surface area contributed by atoms with Crippen molar-refractivity contribution in [2.24, 2.45) is 17.4 Å². The number of carboxylic acid groups (broad SMARTS) is 2. The van der Waals surface area contributed by atoms with Crippen LogP contribution in [0.4, 0.5) is 0 Å². The van der Waals surface area contributed by atoms with Gasteiger partial charge in [-0.3, -0.25) is 19.2 Å². The lowest BCUT2D eigenvalue weighted by Gasteiger charge is -2.25. The van der Waals surface area contributed by atoms with E-state index in [4.69, 9.17) is 16.6 Å². The number of hydrogen-bond donors (Lipinski definition) is 8. The van der Waals surface area contributed by atoms with Crippen molar-refractivity contribution < 1.29 is 34.2 Å². The molecule has 0 aromatic carbocycles. The van der Waals surface area contributed by atoms with Crippen molar-refractivity contribution in [2.75, 3.05) is 12.3 Å². The molecular weight excluding hydrogens is 454 g/mol. The minimum Gasteiger partial charge on any atom is -0.481 e. The first-order valence-corrected chi connectivity index (χ1v) is 11.5. The van der Waals surface area contributed by atoms with E-state index in [1.54, 1.807) is 0 Å². The minimum atomic E-state index is -1.44. The number of nitrogens with one attached hydrogen (secondary N) is 3. The summed E-state index contributed by atoms with van der Waals surface area (Å²) >= 11 is 4.04. The summed E-state index contributed by atoms with van der Waals surface area (Å²) in [7, 11) is 0. The third-order valence-electron chi connectivity index (χ3n) is 5.22. The minimum absolute atomic E-state index is 0.104. The summed E-state index contributed by atoms with van der Waals surface area (Å²) in [5.74, 6) is -4.85. The van der Waals surface area contributed by atoms with Crippen LogP contribution < -0.4 is 27.4 Å². The van der Waals surface area contributed by atoms with E-state index in [-0.39, 0.29) is 24.5 Å². The quantitative estimate of drug-likeness (QED) is 0.0906. The first-order valence-electron chi connectivity index (χ1n) is 10.9. The lowest BCUT2D eigenvalue weighted by molar-refractivity contribution is -0.143. The predicted molar refractivity (Wildman–Crippen MR) is 124 cm³/mol. The fourth-order valence-corrected chi connectivity index (χ4v) is 3.06. The molecule has 3 amide bonds. The number of hydrogen-bond acceptors (Lipinski definition) is 8. The van der Waals surface area contributed by atoms with E-state index in [9.17, 15) is 29.1 Å². The highest BCUT2D eigenvalue weighted by atomic mass is 32.1. The van der Waals surface area contributed by atoms with Crippen molar-refractivity contribution in [3.8, 4) is 0 Å². The number of nitrogens with two attached hydrogens (primary N) is 2. The van der Waals surface area contributed by atoms with E-state index in [0.29, 0.717) is 25.8 Å². The van der Waals surface area contributed by atoms with Crippen LogP contribution in [-0.4, -0.2) is 76.3 Å². The van der Waals surface area contributed by atoms with Gasteiger partial charge in [0, 0.05) is 12.2 Å². The van der Waals surface area contributed by atoms with E-state index in [0.717, 1.165) is 0 Å². The maximum absolute atomic E-state index is 12.8. The maximum atomic E-state index is 12.8. The molecule has 0 aliphatic heterocycles. The zero-order valence-corrected chi connectivity index (χ0v) is 20.0. The molecule has 5 atom stereocenters. The molecule has 0 aromatic rings. The van der Waals surface area contributed by atoms with Crippen LogP contribution in [0.15, 0.2) is 0 Å². The van der Waals surface area contributed by atoms with Crippen LogP contribution >= 0.6 is 12.6 Å². The molecule has 0 rings (SSSR count). The highest BCUT2D eigenvalue weighted by Crippen LogP contribution is 2.08. The molecule has 0 heterocycles. The zero-order valence-electron chi connectivity index (χ0n) is 19.1. The normalized spacial score (nSPS) is 15.4. The number of aliphatic carboxylic acids is 2. The van der Waals surface area contributed by atoms with Gasteiger partial charge in [-0.15, -0.1) is 0 Å².